The largest absolute Gasteiger partial charge is 0.466 e. The van der Waals surface area contributed by atoms with Gasteiger partial charge < -0.3 is 10.1 Å². The molecule has 1 aromatic carbocycles. The van der Waals surface area contributed by atoms with E-state index in [-0.39, 0.29) is 12.5 Å². The van der Waals surface area contributed by atoms with Gasteiger partial charge in [-0.05, 0) is 43.7 Å². The van der Waals surface area contributed by atoms with Crippen molar-refractivity contribution >= 4 is 34.2 Å². The summed E-state index contributed by atoms with van der Waals surface area (Å²) in [5.41, 5.74) is 3.72. The van der Waals surface area contributed by atoms with Gasteiger partial charge in [0.2, 0.25) is 5.88 Å². The SMILES string of the molecule is Cc1cc(C)c2c(OCC(=O)Nc3cc(Cl)ccc3-n3cncn3)nn(C)c2n1. The van der Waals surface area contributed by atoms with E-state index >= 15 is 0 Å². The molecule has 0 fully saturated rings. The molecule has 4 rings (SSSR count). The number of halogens is 1. The van der Waals surface area contributed by atoms with E-state index in [1.54, 1.807) is 29.9 Å². The van der Waals surface area contributed by atoms with E-state index in [2.05, 4.69) is 25.5 Å². The first-order valence-corrected chi connectivity index (χ1v) is 9.18. The van der Waals surface area contributed by atoms with E-state index in [1.807, 2.05) is 19.9 Å². The van der Waals surface area contributed by atoms with Gasteiger partial charge in [0.05, 0.1) is 16.8 Å². The second-order valence-corrected chi connectivity index (χ2v) is 6.98. The van der Waals surface area contributed by atoms with E-state index in [1.165, 1.54) is 17.3 Å². The van der Waals surface area contributed by atoms with Gasteiger partial charge in [-0.25, -0.2) is 19.3 Å². The van der Waals surface area contributed by atoms with Crippen LogP contribution in [0.3, 0.4) is 0 Å². The normalized spacial score (nSPS) is 11.0. The van der Waals surface area contributed by atoms with Crippen LogP contribution in [0.2, 0.25) is 5.02 Å². The molecule has 3 aromatic heterocycles. The highest BCUT2D eigenvalue weighted by Gasteiger charge is 2.16. The van der Waals surface area contributed by atoms with Crippen molar-refractivity contribution in [2.24, 2.45) is 7.05 Å². The Labute approximate surface area is 171 Å². The number of hydrogen-bond donors (Lipinski definition) is 1. The smallest absolute Gasteiger partial charge is 0.262 e. The number of carbonyl (C=O) groups is 1. The predicted octanol–water partition coefficient (Wildman–Crippen LogP) is 2.84. The Hall–Kier alpha value is -3.46. The minimum Gasteiger partial charge on any atom is -0.466 e. The van der Waals surface area contributed by atoms with Crippen molar-refractivity contribution in [3.8, 4) is 11.6 Å². The molecule has 148 valence electrons. The summed E-state index contributed by atoms with van der Waals surface area (Å²) in [4.78, 5) is 20.9. The zero-order valence-corrected chi connectivity index (χ0v) is 16.8. The van der Waals surface area contributed by atoms with E-state index in [9.17, 15) is 4.79 Å². The molecule has 0 unspecified atom stereocenters. The molecule has 1 N–H and O–H groups in total. The van der Waals surface area contributed by atoms with Crippen LogP contribution >= 0.6 is 11.6 Å². The maximum atomic E-state index is 12.5. The van der Waals surface area contributed by atoms with Crippen LogP contribution < -0.4 is 10.1 Å². The molecule has 0 bridgehead atoms. The van der Waals surface area contributed by atoms with Crippen molar-refractivity contribution in [2.75, 3.05) is 11.9 Å². The van der Waals surface area contributed by atoms with Gasteiger partial charge >= 0.3 is 0 Å². The van der Waals surface area contributed by atoms with E-state index < -0.39 is 0 Å². The van der Waals surface area contributed by atoms with Gasteiger partial charge in [-0.15, -0.1) is 5.10 Å². The summed E-state index contributed by atoms with van der Waals surface area (Å²) in [7, 11) is 1.79. The first kappa shape index (κ1) is 18.9. The van der Waals surface area contributed by atoms with Gasteiger partial charge in [-0.3, -0.25) is 4.79 Å². The number of aromatic nitrogens is 6. The summed E-state index contributed by atoms with van der Waals surface area (Å²) in [6.07, 6.45) is 2.95. The third-order valence-electron chi connectivity index (χ3n) is 4.33. The minimum absolute atomic E-state index is 0.220. The van der Waals surface area contributed by atoms with Crippen molar-refractivity contribution < 1.29 is 9.53 Å². The zero-order valence-electron chi connectivity index (χ0n) is 16.0. The Kier molecular flexibility index (Phi) is 4.89. The summed E-state index contributed by atoms with van der Waals surface area (Å²) >= 11 is 6.09. The van der Waals surface area contributed by atoms with Gasteiger partial charge in [0, 0.05) is 17.8 Å². The Balaban J connectivity index is 1.54. The molecule has 29 heavy (non-hydrogen) atoms. The third kappa shape index (κ3) is 3.77. The molecule has 3 heterocycles. The summed E-state index contributed by atoms with van der Waals surface area (Å²) < 4.78 is 8.88. The fraction of sp³-hybridized carbons (Fsp3) is 0.211. The molecule has 9 nitrogen and oxygen atoms in total. The standard InChI is InChI=1S/C19H18ClN7O2/c1-11-6-12(2)23-18-17(11)19(25-26(18)3)29-8-16(28)24-14-7-13(20)4-5-15(14)27-10-21-9-22-27/h4-7,9-10H,8H2,1-3H3,(H,24,28). The monoisotopic (exact) mass is 411 g/mol. The first-order chi connectivity index (χ1) is 13.9. The van der Waals surface area contributed by atoms with Crippen molar-refractivity contribution in [1.29, 1.82) is 0 Å². The average molecular weight is 412 g/mol. The highest BCUT2D eigenvalue weighted by atomic mass is 35.5. The van der Waals surface area contributed by atoms with E-state index in [0.29, 0.717) is 27.9 Å². The number of ether oxygens (including phenoxy) is 1. The predicted molar refractivity (Wildman–Crippen MR) is 108 cm³/mol. The highest BCUT2D eigenvalue weighted by Crippen LogP contribution is 2.27. The lowest BCUT2D eigenvalue weighted by Crippen LogP contribution is -2.21. The summed E-state index contributed by atoms with van der Waals surface area (Å²) in [6.45, 7) is 3.66. The molecular formula is C19H18ClN7O2. The first-order valence-electron chi connectivity index (χ1n) is 8.80. The van der Waals surface area contributed by atoms with Crippen LogP contribution in [0, 0.1) is 13.8 Å². The molecule has 0 saturated carbocycles. The molecule has 0 aliphatic heterocycles. The zero-order chi connectivity index (χ0) is 20.5. The number of nitrogens with zero attached hydrogens (tertiary/aromatic N) is 6. The fourth-order valence-electron chi connectivity index (χ4n) is 3.11. The summed E-state index contributed by atoms with van der Waals surface area (Å²) in [6, 6.07) is 7.05. The number of rotatable bonds is 5. The molecule has 0 spiro atoms. The molecule has 0 atom stereocenters. The number of aryl methyl sites for hydroxylation is 3. The number of hydrogen-bond acceptors (Lipinski definition) is 6. The number of anilines is 1. The van der Waals surface area contributed by atoms with Crippen LogP contribution in [0.25, 0.3) is 16.7 Å². The van der Waals surface area contributed by atoms with Gasteiger partial charge in [0.25, 0.3) is 5.91 Å². The van der Waals surface area contributed by atoms with E-state index in [4.69, 9.17) is 16.3 Å². The number of nitrogens with one attached hydrogen (secondary N) is 1. The van der Waals surface area contributed by atoms with E-state index in [0.717, 1.165) is 16.6 Å². The molecule has 0 aliphatic rings. The number of fused-ring (bicyclic) bond motifs is 1. The van der Waals surface area contributed by atoms with Crippen LogP contribution in [0.5, 0.6) is 5.88 Å². The molecule has 1 amide bonds. The lowest BCUT2D eigenvalue weighted by atomic mass is 10.2. The lowest BCUT2D eigenvalue weighted by Gasteiger charge is -2.11. The topological polar surface area (TPSA) is 99.7 Å². The Morgan fingerprint density at radius 2 is 2.10 bits per heavy atom. The second kappa shape index (κ2) is 7.51. The van der Waals surface area contributed by atoms with Crippen LogP contribution in [0.1, 0.15) is 11.3 Å². The molecule has 0 saturated heterocycles. The average Bonchev–Trinajstić information content (AvgIpc) is 3.29. The molecular weight excluding hydrogens is 394 g/mol. The van der Waals surface area contributed by atoms with Gasteiger partial charge in [0.1, 0.15) is 12.7 Å². The molecule has 4 aromatic rings. The molecule has 0 aliphatic carbocycles. The van der Waals surface area contributed by atoms with Crippen LogP contribution in [0.15, 0.2) is 36.9 Å². The van der Waals surface area contributed by atoms with Crippen molar-refractivity contribution in [3.63, 3.8) is 0 Å². The summed E-state index contributed by atoms with van der Waals surface area (Å²) in [5, 5.41) is 12.5. The third-order valence-corrected chi connectivity index (χ3v) is 4.56. The Bertz CT molecular complexity index is 1200. The quantitative estimate of drug-likeness (QED) is 0.542. The minimum atomic E-state index is -0.356. The number of benzene rings is 1. The van der Waals surface area contributed by atoms with Crippen molar-refractivity contribution in [2.45, 2.75) is 13.8 Å². The maximum absolute atomic E-state index is 12.5. The van der Waals surface area contributed by atoms with Crippen molar-refractivity contribution in [1.82, 2.24) is 29.5 Å². The second-order valence-electron chi connectivity index (χ2n) is 6.55. The molecule has 0 radical (unpaired) electrons. The van der Waals surface area contributed by atoms with Gasteiger partial charge in [-0.2, -0.15) is 5.10 Å². The van der Waals surface area contributed by atoms with Crippen LogP contribution in [0.4, 0.5) is 5.69 Å². The van der Waals surface area contributed by atoms with Crippen LogP contribution in [-0.4, -0.2) is 42.0 Å². The highest BCUT2D eigenvalue weighted by molar-refractivity contribution is 6.31. The van der Waals surface area contributed by atoms with Crippen LogP contribution in [-0.2, 0) is 11.8 Å². The lowest BCUT2D eigenvalue weighted by molar-refractivity contribution is -0.118. The van der Waals surface area contributed by atoms with Crippen molar-refractivity contribution in [3.05, 3.63) is 53.2 Å². The van der Waals surface area contributed by atoms with Gasteiger partial charge in [0.15, 0.2) is 12.3 Å². The van der Waals surface area contributed by atoms with Gasteiger partial charge in [-0.1, -0.05) is 11.6 Å². The Morgan fingerprint density at radius 1 is 1.28 bits per heavy atom. The molecule has 10 heteroatoms. The number of amides is 1. The fourth-order valence-corrected chi connectivity index (χ4v) is 3.28. The maximum Gasteiger partial charge on any atom is 0.262 e. The number of pyridine rings is 1. The Morgan fingerprint density at radius 3 is 2.86 bits per heavy atom. The summed E-state index contributed by atoms with van der Waals surface area (Å²) in [5.74, 6) is 0.00963. The number of carbonyl (C=O) groups excluding carboxylic acids is 1.